The molecule has 3 nitrogen and oxygen atoms in total. The molecule has 1 heterocycles. The number of hydrogen-bond acceptors (Lipinski definition) is 2. The van der Waals surface area contributed by atoms with Crippen LogP contribution in [0.15, 0.2) is 24.3 Å². The summed E-state index contributed by atoms with van der Waals surface area (Å²) in [6, 6.07) is 8.87. The van der Waals surface area contributed by atoms with Crippen LogP contribution in [0.1, 0.15) is 44.7 Å². The van der Waals surface area contributed by atoms with E-state index in [1.807, 2.05) is 11.7 Å². The van der Waals surface area contributed by atoms with Gasteiger partial charge in [-0.05, 0) is 43.6 Å². The Kier molecular flexibility index (Phi) is 4.29. The maximum absolute atomic E-state index is 6.40. The van der Waals surface area contributed by atoms with Gasteiger partial charge in [0, 0.05) is 18.5 Å². The van der Waals surface area contributed by atoms with Crippen LogP contribution in [0.3, 0.4) is 0 Å². The molecule has 0 aliphatic heterocycles. The fraction of sp³-hybridized carbons (Fsp3) is 0.611. The monoisotopic (exact) mass is 285 g/mol. The lowest BCUT2D eigenvalue weighted by Gasteiger charge is -2.34. The second-order valence-corrected chi connectivity index (χ2v) is 6.68. The zero-order valence-corrected chi connectivity index (χ0v) is 13.3. The first kappa shape index (κ1) is 14.6. The van der Waals surface area contributed by atoms with Crippen LogP contribution in [-0.2, 0) is 13.5 Å². The van der Waals surface area contributed by atoms with E-state index in [4.69, 9.17) is 10.8 Å². The smallest absolute Gasteiger partial charge is 0.0706 e. The Morgan fingerprint density at radius 1 is 1.29 bits per heavy atom. The summed E-state index contributed by atoms with van der Waals surface area (Å²) in [5.74, 6) is 1.46. The van der Waals surface area contributed by atoms with Crippen molar-refractivity contribution in [2.24, 2.45) is 24.6 Å². The molecule has 1 aromatic carbocycles. The summed E-state index contributed by atoms with van der Waals surface area (Å²) in [5, 5.41) is 6.05. The molecule has 0 amide bonds. The average molecular weight is 285 g/mol. The molecule has 0 spiro atoms. The Balaban J connectivity index is 1.80. The van der Waals surface area contributed by atoms with Crippen molar-refractivity contribution < 1.29 is 0 Å². The molecular weight excluding hydrogens is 258 g/mol. The van der Waals surface area contributed by atoms with Gasteiger partial charge < -0.3 is 5.73 Å². The van der Waals surface area contributed by atoms with Crippen molar-refractivity contribution in [1.82, 2.24) is 9.78 Å². The van der Waals surface area contributed by atoms with Gasteiger partial charge in [0.15, 0.2) is 0 Å². The summed E-state index contributed by atoms with van der Waals surface area (Å²) in [6.45, 7) is 2.29. The van der Waals surface area contributed by atoms with E-state index >= 15 is 0 Å². The quantitative estimate of drug-likeness (QED) is 0.931. The molecular formula is C18H27N3. The van der Waals surface area contributed by atoms with Gasteiger partial charge in [0.2, 0.25) is 0 Å². The predicted molar refractivity (Wildman–Crippen MR) is 88.1 cm³/mol. The zero-order valence-electron chi connectivity index (χ0n) is 13.3. The van der Waals surface area contributed by atoms with Gasteiger partial charge in [-0.3, -0.25) is 4.68 Å². The fourth-order valence-corrected chi connectivity index (χ4v) is 3.98. The number of fused-ring (bicyclic) bond motifs is 1. The lowest BCUT2D eigenvalue weighted by Crippen LogP contribution is -2.37. The van der Waals surface area contributed by atoms with E-state index in [-0.39, 0.29) is 0 Å². The number of rotatable bonds is 4. The Bertz CT molecular complexity index is 602. The van der Waals surface area contributed by atoms with Gasteiger partial charge in [-0.25, -0.2) is 0 Å². The lowest BCUT2D eigenvalue weighted by atomic mass is 9.75. The molecule has 3 atom stereocenters. The molecule has 0 bridgehead atoms. The molecule has 3 heteroatoms. The van der Waals surface area contributed by atoms with Crippen molar-refractivity contribution >= 4 is 10.9 Å². The van der Waals surface area contributed by atoms with Gasteiger partial charge in [-0.15, -0.1) is 0 Å². The molecule has 1 saturated carbocycles. The molecule has 3 rings (SSSR count). The summed E-state index contributed by atoms with van der Waals surface area (Å²) in [5.41, 5.74) is 8.85. The summed E-state index contributed by atoms with van der Waals surface area (Å²) >= 11 is 0. The Morgan fingerprint density at radius 2 is 2.10 bits per heavy atom. The molecule has 2 N–H and O–H groups in total. The van der Waals surface area contributed by atoms with Crippen molar-refractivity contribution in [3.8, 4) is 0 Å². The maximum Gasteiger partial charge on any atom is 0.0706 e. The highest BCUT2D eigenvalue weighted by Crippen LogP contribution is 2.34. The summed E-state index contributed by atoms with van der Waals surface area (Å²) in [4.78, 5) is 0. The van der Waals surface area contributed by atoms with Crippen molar-refractivity contribution in [1.29, 1.82) is 0 Å². The predicted octanol–water partition coefficient (Wildman–Crippen LogP) is 3.66. The molecule has 1 aliphatic rings. The Hall–Kier alpha value is -1.35. The second-order valence-electron chi connectivity index (χ2n) is 6.68. The van der Waals surface area contributed by atoms with Crippen LogP contribution in [0, 0.1) is 11.8 Å². The van der Waals surface area contributed by atoms with Crippen molar-refractivity contribution in [2.45, 2.75) is 51.5 Å². The van der Waals surface area contributed by atoms with Crippen LogP contribution in [-0.4, -0.2) is 15.8 Å². The third-order valence-corrected chi connectivity index (χ3v) is 5.14. The third-order valence-electron chi connectivity index (χ3n) is 5.14. The standard InChI is InChI=1S/C18H27N3/c1-3-6-13-9-10-16(19)14(11-13)12-17-15-7-4-5-8-18(15)21(2)20-17/h4-5,7-8,13-14,16H,3,6,9-12,19H2,1-2H3. The highest BCUT2D eigenvalue weighted by atomic mass is 15.3. The van der Waals surface area contributed by atoms with E-state index in [0.29, 0.717) is 12.0 Å². The van der Waals surface area contributed by atoms with Crippen molar-refractivity contribution in [2.75, 3.05) is 0 Å². The molecule has 3 unspecified atom stereocenters. The number of aryl methyl sites for hydroxylation is 1. The first-order valence-corrected chi connectivity index (χ1v) is 8.35. The number of nitrogens with zero attached hydrogens (tertiary/aromatic N) is 2. The highest BCUT2D eigenvalue weighted by Gasteiger charge is 2.29. The van der Waals surface area contributed by atoms with E-state index in [9.17, 15) is 0 Å². The van der Waals surface area contributed by atoms with Crippen LogP contribution in [0.5, 0.6) is 0 Å². The molecule has 21 heavy (non-hydrogen) atoms. The summed E-state index contributed by atoms with van der Waals surface area (Å²) in [6.07, 6.45) is 7.45. The molecule has 1 aromatic heterocycles. The number of benzene rings is 1. The topological polar surface area (TPSA) is 43.8 Å². The molecule has 0 radical (unpaired) electrons. The van der Waals surface area contributed by atoms with Crippen LogP contribution < -0.4 is 5.73 Å². The van der Waals surface area contributed by atoms with Crippen LogP contribution in [0.25, 0.3) is 10.9 Å². The maximum atomic E-state index is 6.40. The molecule has 2 aromatic rings. The number of para-hydroxylation sites is 1. The molecule has 114 valence electrons. The van der Waals surface area contributed by atoms with E-state index in [1.165, 1.54) is 48.7 Å². The number of aromatic nitrogens is 2. The number of hydrogen-bond donors (Lipinski definition) is 1. The van der Waals surface area contributed by atoms with Gasteiger partial charge in [0.1, 0.15) is 0 Å². The fourth-order valence-electron chi connectivity index (χ4n) is 3.98. The normalized spacial score (nSPS) is 26.3. The van der Waals surface area contributed by atoms with E-state index in [0.717, 1.165) is 12.3 Å². The van der Waals surface area contributed by atoms with Gasteiger partial charge in [0.05, 0.1) is 11.2 Å². The van der Waals surface area contributed by atoms with E-state index in [1.54, 1.807) is 0 Å². The molecule has 1 aliphatic carbocycles. The van der Waals surface area contributed by atoms with Crippen LogP contribution >= 0.6 is 0 Å². The van der Waals surface area contributed by atoms with Crippen LogP contribution in [0.2, 0.25) is 0 Å². The van der Waals surface area contributed by atoms with E-state index < -0.39 is 0 Å². The largest absolute Gasteiger partial charge is 0.327 e. The van der Waals surface area contributed by atoms with Gasteiger partial charge >= 0.3 is 0 Å². The van der Waals surface area contributed by atoms with Gasteiger partial charge in [-0.2, -0.15) is 5.10 Å². The zero-order chi connectivity index (χ0) is 14.8. The summed E-state index contributed by atoms with van der Waals surface area (Å²) < 4.78 is 2.00. The summed E-state index contributed by atoms with van der Waals surface area (Å²) in [7, 11) is 2.03. The molecule has 1 fully saturated rings. The first-order valence-electron chi connectivity index (χ1n) is 8.35. The minimum atomic E-state index is 0.346. The second kappa shape index (κ2) is 6.18. The van der Waals surface area contributed by atoms with E-state index in [2.05, 4.69) is 31.2 Å². The first-order chi connectivity index (χ1) is 10.2. The van der Waals surface area contributed by atoms with Crippen LogP contribution in [0.4, 0.5) is 0 Å². The molecule has 0 saturated heterocycles. The van der Waals surface area contributed by atoms with Gasteiger partial charge in [-0.1, -0.05) is 38.0 Å². The Labute approximate surface area is 127 Å². The van der Waals surface area contributed by atoms with Crippen molar-refractivity contribution in [3.63, 3.8) is 0 Å². The number of nitrogens with two attached hydrogens (primary N) is 1. The minimum absolute atomic E-state index is 0.346. The average Bonchev–Trinajstić information content (AvgIpc) is 2.80. The third kappa shape index (κ3) is 2.98. The lowest BCUT2D eigenvalue weighted by molar-refractivity contribution is 0.220. The minimum Gasteiger partial charge on any atom is -0.327 e. The SMILES string of the molecule is CCCC1CCC(N)C(Cc2nn(C)c3ccccc23)C1. The van der Waals surface area contributed by atoms with Gasteiger partial charge in [0.25, 0.3) is 0 Å². The Morgan fingerprint density at radius 3 is 2.90 bits per heavy atom. The van der Waals surface area contributed by atoms with Crippen molar-refractivity contribution in [3.05, 3.63) is 30.0 Å². The highest BCUT2D eigenvalue weighted by molar-refractivity contribution is 5.81.